The van der Waals surface area contributed by atoms with Crippen molar-refractivity contribution >= 4 is 5.78 Å². The van der Waals surface area contributed by atoms with Gasteiger partial charge >= 0.3 is 0 Å². The fourth-order valence-electron chi connectivity index (χ4n) is 3.05. The maximum absolute atomic E-state index is 11.0. The van der Waals surface area contributed by atoms with Crippen molar-refractivity contribution in [3.63, 3.8) is 0 Å². The van der Waals surface area contributed by atoms with Crippen LogP contribution in [0.25, 0.3) is 0 Å². The summed E-state index contributed by atoms with van der Waals surface area (Å²) in [5.41, 5.74) is 2.36. The molecule has 0 bridgehead atoms. The molecule has 0 spiro atoms. The third-order valence-corrected chi connectivity index (χ3v) is 5.17. The summed E-state index contributed by atoms with van der Waals surface area (Å²) in [6.07, 6.45) is 2.48. The van der Waals surface area contributed by atoms with Gasteiger partial charge in [-0.05, 0) is 24.0 Å². The predicted octanol–water partition coefficient (Wildman–Crippen LogP) is 3.91. The molecule has 4 heteroatoms. The molecule has 0 radical (unpaired) electrons. The lowest BCUT2D eigenvalue weighted by atomic mass is 9.82. The van der Waals surface area contributed by atoms with E-state index in [0.29, 0.717) is 25.4 Å². The van der Waals surface area contributed by atoms with Crippen LogP contribution < -0.4 is 0 Å². The second kappa shape index (κ2) is 9.79. The van der Waals surface area contributed by atoms with Crippen LogP contribution in [-0.4, -0.2) is 29.2 Å². The van der Waals surface area contributed by atoms with Crippen LogP contribution in [0.4, 0.5) is 0 Å². The summed E-state index contributed by atoms with van der Waals surface area (Å²) < 4.78 is 11.2. The van der Waals surface area contributed by atoms with E-state index in [2.05, 4.69) is 12.1 Å². The Morgan fingerprint density at radius 2 is 1.41 bits per heavy atom. The van der Waals surface area contributed by atoms with Crippen molar-refractivity contribution in [2.75, 3.05) is 0 Å². The van der Waals surface area contributed by atoms with Crippen molar-refractivity contribution in [1.82, 2.24) is 0 Å². The van der Waals surface area contributed by atoms with E-state index in [1.54, 1.807) is 0 Å². The number of aliphatic hydroxyl groups excluding tert-OH is 1. The van der Waals surface area contributed by atoms with Crippen LogP contribution in [0.15, 0.2) is 60.7 Å². The number of carbonyl (C=O) groups is 1. The second-order valence-corrected chi connectivity index (χ2v) is 7.34. The zero-order chi connectivity index (χ0) is 19.1. The van der Waals surface area contributed by atoms with Gasteiger partial charge in [0.1, 0.15) is 5.78 Å². The van der Waals surface area contributed by atoms with E-state index in [-0.39, 0.29) is 24.2 Å². The fourth-order valence-corrected chi connectivity index (χ4v) is 3.05. The molecule has 0 aromatic heterocycles. The van der Waals surface area contributed by atoms with Crippen LogP contribution in [0.5, 0.6) is 0 Å². The molecule has 27 heavy (non-hydrogen) atoms. The standard InChI is InChI=1S/C12H14O2.C11H14O2/c1-9-11(13)7-12(9)14-8-10-5-3-2-4-6-10;12-10-6-11(7-10)13-8-9-4-2-1-3-5-9/h2-6,9,12H,7-8H2,1H3;1-5,10-12H,6-8H2. The number of Topliss-reactive ketones (excluding diaryl/α,β-unsaturated/α-hetero) is 1. The number of ketones is 1. The van der Waals surface area contributed by atoms with Crippen molar-refractivity contribution < 1.29 is 19.4 Å². The third kappa shape index (κ3) is 5.99. The summed E-state index contributed by atoms with van der Waals surface area (Å²) in [5.74, 6) is 0.418. The molecule has 2 atom stereocenters. The molecule has 4 rings (SSSR count). The third-order valence-electron chi connectivity index (χ3n) is 5.17. The molecule has 0 heterocycles. The van der Waals surface area contributed by atoms with Crippen molar-refractivity contribution in [2.24, 2.45) is 5.92 Å². The van der Waals surface area contributed by atoms with E-state index in [1.807, 2.05) is 55.5 Å². The van der Waals surface area contributed by atoms with Gasteiger partial charge in [0, 0.05) is 12.3 Å². The van der Waals surface area contributed by atoms with Gasteiger partial charge in [-0.25, -0.2) is 0 Å². The first-order chi connectivity index (χ1) is 13.1. The zero-order valence-electron chi connectivity index (χ0n) is 15.8. The minimum absolute atomic E-state index is 0.0960. The minimum atomic E-state index is -0.124. The molecule has 2 saturated carbocycles. The first-order valence-corrected chi connectivity index (χ1v) is 9.63. The van der Waals surface area contributed by atoms with E-state index in [1.165, 1.54) is 11.1 Å². The molecule has 0 amide bonds. The molecule has 0 aliphatic heterocycles. The van der Waals surface area contributed by atoms with Crippen LogP contribution >= 0.6 is 0 Å². The fraction of sp³-hybridized carbons (Fsp3) is 0.435. The summed E-state index contributed by atoms with van der Waals surface area (Å²) in [7, 11) is 0. The Bertz CT molecular complexity index is 695. The van der Waals surface area contributed by atoms with Gasteiger partial charge in [-0.3, -0.25) is 4.79 Å². The van der Waals surface area contributed by atoms with Crippen molar-refractivity contribution in [2.45, 2.75) is 57.7 Å². The van der Waals surface area contributed by atoms with E-state index >= 15 is 0 Å². The topological polar surface area (TPSA) is 55.8 Å². The molecular weight excluding hydrogens is 340 g/mol. The molecule has 1 N–H and O–H groups in total. The van der Waals surface area contributed by atoms with E-state index in [9.17, 15) is 4.79 Å². The first-order valence-electron chi connectivity index (χ1n) is 9.63. The summed E-state index contributed by atoms with van der Waals surface area (Å²) >= 11 is 0. The predicted molar refractivity (Wildman–Crippen MR) is 104 cm³/mol. The highest BCUT2D eigenvalue weighted by atomic mass is 16.5. The molecular formula is C23H28O4. The molecule has 2 aromatic rings. The minimum Gasteiger partial charge on any atom is -0.393 e. The first kappa shape index (κ1) is 19.7. The Kier molecular flexibility index (Phi) is 7.16. The zero-order valence-corrected chi connectivity index (χ0v) is 15.8. The van der Waals surface area contributed by atoms with Gasteiger partial charge in [0.2, 0.25) is 0 Å². The molecule has 2 aliphatic carbocycles. The number of hydrogen-bond acceptors (Lipinski definition) is 4. The maximum atomic E-state index is 11.0. The molecule has 144 valence electrons. The van der Waals surface area contributed by atoms with Gasteiger partial charge < -0.3 is 14.6 Å². The quantitative estimate of drug-likeness (QED) is 0.840. The van der Waals surface area contributed by atoms with Crippen LogP contribution in [0.2, 0.25) is 0 Å². The van der Waals surface area contributed by atoms with E-state index in [0.717, 1.165) is 12.8 Å². The Labute approximate surface area is 161 Å². The monoisotopic (exact) mass is 368 g/mol. The van der Waals surface area contributed by atoms with Crippen LogP contribution in [0, 0.1) is 5.92 Å². The molecule has 2 fully saturated rings. The Morgan fingerprint density at radius 1 is 0.889 bits per heavy atom. The number of carbonyl (C=O) groups excluding carboxylic acids is 1. The Morgan fingerprint density at radius 3 is 1.85 bits per heavy atom. The van der Waals surface area contributed by atoms with Crippen molar-refractivity contribution in [3.05, 3.63) is 71.8 Å². The van der Waals surface area contributed by atoms with Crippen LogP contribution in [0.1, 0.15) is 37.3 Å². The summed E-state index contributed by atoms with van der Waals surface area (Å²) in [6.45, 7) is 3.21. The molecule has 2 unspecified atom stereocenters. The van der Waals surface area contributed by atoms with Gasteiger partial charge in [0.05, 0.1) is 31.5 Å². The lowest BCUT2D eigenvalue weighted by molar-refractivity contribution is -0.144. The molecule has 4 nitrogen and oxygen atoms in total. The van der Waals surface area contributed by atoms with Gasteiger partial charge in [-0.2, -0.15) is 0 Å². The SMILES string of the molecule is CC1C(=O)CC1OCc1ccccc1.OC1CC(OCc2ccccc2)C1. The van der Waals surface area contributed by atoms with E-state index in [4.69, 9.17) is 14.6 Å². The molecule has 0 saturated heterocycles. The number of hydrogen-bond donors (Lipinski definition) is 1. The van der Waals surface area contributed by atoms with Gasteiger partial charge in [0.25, 0.3) is 0 Å². The number of aliphatic hydroxyl groups is 1. The lowest BCUT2D eigenvalue weighted by Crippen LogP contribution is -2.41. The Hall–Kier alpha value is -2.01. The largest absolute Gasteiger partial charge is 0.393 e. The average Bonchev–Trinajstić information content (AvgIpc) is 2.69. The van der Waals surface area contributed by atoms with Gasteiger partial charge in [0.15, 0.2) is 0 Å². The smallest absolute Gasteiger partial charge is 0.140 e. The normalized spacial score (nSPS) is 26.4. The van der Waals surface area contributed by atoms with Crippen molar-refractivity contribution in [1.29, 1.82) is 0 Å². The second-order valence-electron chi connectivity index (χ2n) is 7.34. The lowest BCUT2D eigenvalue weighted by Gasteiger charge is -2.31. The summed E-state index contributed by atoms with van der Waals surface area (Å²) in [6, 6.07) is 20.2. The molecule has 2 aromatic carbocycles. The van der Waals surface area contributed by atoms with Gasteiger partial charge in [-0.1, -0.05) is 67.6 Å². The molecule has 2 aliphatic rings. The van der Waals surface area contributed by atoms with Crippen molar-refractivity contribution in [3.8, 4) is 0 Å². The van der Waals surface area contributed by atoms with Gasteiger partial charge in [-0.15, -0.1) is 0 Å². The number of ether oxygens (including phenoxy) is 2. The van der Waals surface area contributed by atoms with E-state index < -0.39 is 0 Å². The highest BCUT2D eigenvalue weighted by Crippen LogP contribution is 2.26. The Balaban J connectivity index is 0.000000156. The average molecular weight is 368 g/mol. The highest BCUT2D eigenvalue weighted by molar-refractivity contribution is 5.87. The summed E-state index contributed by atoms with van der Waals surface area (Å²) in [4.78, 5) is 11.0. The highest BCUT2D eigenvalue weighted by Gasteiger charge is 2.36. The number of rotatable bonds is 6. The number of benzene rings is 2. The summed E-state index contributed by atoms with van der Waals surface area (Å²) in [5, 5.41) is 9.04. The van der Waals surface area contributed by atoms with Crippen LogP contribution in [0.3, 0.4) is 0 Å². The maximum Gasteiger partial charge on any atom is 0.140 e. The van der Waals surface area contributed by atoms with Crippen LogP contribution in [-0.2, 0) is 27.5 Å².